The number of nitrogens with zero attached hydrogens (tertiary/aromatic N) is 5. The van der Waals surface area contributed by atoms with Gasteiger partial charge in [0.05, 0.1) is 5.69 Å². The first kappa shape index (κ1) is 17.1. The summed E-state index contributed by atoms with van der Waals surface area (Å²) in [6.45, 7) is 3.32. The Hall–Kier alpha value is -3.29. The number of aromatic amines is 1. The highest BCUT2D eigenvalue weighted by Crippen LogP contribution is 2.26. The van der Waals surface area contributed by atoms with E-state index in [1.807, 2.05) is 36.1 Å². The van der Waals surface area contributed by atoms with E-state index in [4.69, 9.17) is 5.73 Å². The zero-order valence-corrected chi connectivity index (χ0v) is 15.1. The summed E-state index contributed by atoms with van der Waals surface area (Å²) < 4.78 is 0. The first-order valence-electron chi connectivity index (χ1n) is 8.96. The van der Waals surface area contributed by atoms with Gasteiger partial charge in [-0.3, -0.25) is 9.89 Å². The number of benzene rings is 1. The van der Waals surface area contributed by atoms with E-state index in [0.29, 0.717) is 30.4 Å². The van der Waals surface area contributed by atoms with E-state index in [2.05, 4.69) is 25.1 Å². The third kappa shape index (κ3) is 3.64. The van der Waals surface area contributed by atoms with E-state index >= 15 is 0 Å². The summed E-state index contributed by atoms with van der Waals surface area (Å²) >= 11 is 0. The molecule has 0 atom stereocenters. The van der Waals surface area contributed by atoms with Gasteiger partial charge in [-0.1, -0.05) is 12.1 Å². The van der Waals surface area contributed by atoms with Crippen LogP contribution in [-0.2, 0) is 0 Å². The molecule has 1 aromatic carbocycles. The van der Waals surface area contributed by atoms with Crippen LogP contribution in [0.1, 0.15) is 40.8 Å². The van der Waals surface area contributed by atoms with Crippen LogP contribution < -0.4 is 5.73 Å². The van der Waals surface area contributed by atoms with Crippen molar-refractivity contribution in [3.63, 3.8) is 0 Å². The molecule has 2 aromatic heterocycles. The maximum Gasteiger partial charge on any atom is 0.253 e. The fourth-order valence-electron chi connectivity index (χ4n) is 3.38. The van der Waals surface area contributed by atoms with E-state index in [9.17, 15) is 4.79 Å². The number of aryl methyl sites for hydroxylation is 1. The molecule has 3 heterocycles. The van der Waals surface area contributed by atoms with Crippen molar-refractivity contribution in [3.05, 3.63) is 53.9 Å². The summed E-state index contributed by atoms with van der Waals surface area (Å²) in [6.07, 6.45) is 3.19. The fourth-order valence-corrected chi connectivity index (χ4v) is 3.38. The maximum absolute atomic E-state index is 12.8. The van der Waals surface area contributed by atoms with Crippen molar-refractivity contribution >= 4 is 11.7 Å². The lowest BCUT2D eigenvalue weighted by Gasteiger charge is -2.30. The molecule has 8 nitrogen and oxygen atoms in total. The standard InChI is InChI=1S/C19H21N7O/c1-12-23-18(25-24-12)14-6-8-26(9-7-14)19(27)15-4-2-13(3-5-15)16-10-17(20)22-11-21-16/h2-5,10-11,14H,6-9H2,1H3,(H2,20,21,22)(H,23,24,25). The zero-order valence-electron chi connectivity index (χ0n) is 15.1. The second-order valence-corrected chi connectivity index (χ2v) is 6.75. The molecule has 138 valence electrons. The molecule has 27 heavy (non-hydrogen) atoms. The van der Waals surface area contributed by atoms with E-state index in [0.717, 1.165) is 35.7 Å². The van der Waals surface area contributed by atoms with Crippen LogP contribution in [0.15, 0.2) is 36.7 Å². The number of likely N-dealkylation sites (tertiary alicyclic amines) is 1. The highest BCUT2D eigenvalue weighted by molar-refractivity contribution is 5.94. The molecule has 4 rings (SSSR count). The Bertz CT molecular complexity index is 943. The highest BCUT2D eigenvalue weighted by atomic mass is 16.2. The minimum atomic E-state index is 0.0494. The lowest BCUT2D eigenvalue weighted by atomic mass is 9.95. The average molecular weight is 363 g/mol. The van der Waals surface area contributed by atoms with Crippen molar-refractivity contribution in [1.29, 1.82) is 0 Å². The van der Waals surface area contributed by atoms with Gasteiger partial charge < -0.3 is 10.6 Å². The number of carbonyl (C=O) groups excluding carboxylic acids is 1. The predicted molar refractivity (Wildman–Crippen MR) is 101 cm³/mol. The van der Waals surface area contributed by atoms with Crippen LogP contribution in [-0.4, -0.2) is 49.0 Å². The first-order chi connectivity index (χ1) is 13.1. The summed E-state index contributed by atoms with van der Waals surface area (Å²) in [6, 6.07) is 9.16. The molecule has 1 aliphatic rings. The average Bonchev–Trinajstić information content (AvgIpc) is 3.14. The van der Waals surface area contributed by atoms with Crippen molar-refractivity contribution in [1.82, 2.24) is 30.0 Å². The third-order valence-electron chi connectivity index (χ3n) is 4.88. The molecule has 0 saturated carbocycles. The topological polar surface area (TPSA) is 114 Å². The van der Waals surface area contributed by atoms with Crippen LogP contribution in [0.4, 0.5) is 5.82 Å². The molecule has 1 aliphatic heterocycles. The Balaban J connectivity index is 1.41. The van der Waals surface area contributed by atoms with Crippen LogP contribution in [0.3, 0.4) is 0 Å². The lowest BCUT2D eigenvalue weighted by Crippen LogP contribution is -2.38. The van der Waals surface area contributed by atoms with Crippen molar-refractivity contribution in [3.8, 4) is 11.3 Å². The summed E-state index contributed by atoms with van der Waals surface area (Å²) in [7, 11) is 0. The van der Waals surface area contributed by atoms with Gasteiger partial charge in [-0.05, 0) is 31.9 Å². The molecule has 0 spiro atoms. The van der Waals surface area contributed by atoms with Gasteiger partial charge in [-0.15, -0.1) is 0 Å². The molecule has 3 aromatic rings. The molecule has 1 fully saturated rings. The zero-order chi connectivity index (χ0) is 18.8. The molecule has 1 amide bonds. The first-order valence-corrected chi connectivity index (χ1v) is 8.96. The van der Waals surface area contributed by atoms with Crippen molar-refractivity contribution < 1.29 is 4.79 Å². The van der Waals surface area contributed by atoms with Gasteiger partial charge >= 0.3 is 0 Å². The van der Waals surface area contributed by atoms with Gasteiger partial charge in [0.15, 0.2) is 5.82 Å². The smallest absolute Gasteiger partial charge is 0.253 e. The van der Waals surface area contributed by atoms with Crippen LogP contribution in [0.5, 0.6) is 0 Å². The van der Waals surface area contributed by atoms with Crippen molar-refractivity contribution in [2.24, 2.45) is 0 Å². The van der Waals surface area contributed by atoms with Gasteiger partial charge in [0, 0.05) is 36.2 Å². The number of anilines is 1. The predicted octanol–water partition coefficient (Wildman–Crippen LogP) is 2.17. The second kappa shape index (κ2) is 7.14. The summed E-state index contributed by atoms with van der Waals surface area (Å²) in [4.78, 5) is 27.2. The SMILES string of the molecule is Cc1nc(C2CCN(C(=O)c3ccc(-c4cc(N)ncn4)cc3)CC2)n[nH]1. The van der Waals surface area contributed by atoms with Gasteiger partial charge in [0.1, 0.15) is 18.0 Å². The number of amides is 1. The van der Waals surface area contributed by atoms with Gasteiger partial charge in [0.25, 0.3) is 5.91 Å². The molecule has 0 unspecified atom stereocenters. The van der Waals surface area contributed by atoms with Crippen LogP contribution in [0.25, 0.3) is 11.3 Å². The molecular formula is C19H21N7O. The Morgan fingerprint density at radius 1 is 1.19 bits per heavy atom. The number of hydrogen-bond donors (Lipinski definition) is 2. The normalized spacial score (nSPS) is 15.1. The second-order valence-electron chi connectivity index (χ2n) is 6.75. The van der Waals surface area contributed by atoms with Crippen LogP contribution in [0, 0.1) is 6.92 Å². The van der Waals surface area contributed by atoms with Crippen molar-refractivity contribution in [2.75, 3.05) is 18.8 Å². The summed E-state index contributed by atoms with van der Waals surface area (Å²) in [5, 5.41) is 7.14. The molecule has 0 bridgehead atoms. The number of nitrogens with two attached hydrogens (primary N) is 1. The Kier molecular flexibility index (Phi) is 4.53. The summed E-state index contributed by atoms with van der Waals surface area (Å²) in [5.41, 5.74) is 8.02. The minimum Gasteiger partial charge on any atom is -0.384 e. The quantitative estimate of drug-likeness (QED) is 0.737. The Morgan fingerprint density at radius 2 is 1.93 bits per heavy atom. The molecule has 3 N–H and O–H groups in total. The number of nitrogens with one attached hydrogen (secondary N) is 1. The number of hydrogen-bond acceptors (Lipinski definition) is 6. The van der Waals surface area contributed by atoms with Crippen molar-refractivity contribution in [2.45, 2.75) is 25.7 Å². The van der Waals surface area contributed by atoms with Crippen LogP contribution >= 0.6 is 0 Å². The molecule has 8 heteroatoms. The molecule has 0 aliphatic carbocycles. The largest absolute Gasteiger partial charge is 0.384 e. The molecule has 1 saturated heterocycles. The van der Waals surface area contributed by atoms with E-state index in [1.54, 1.807) is 6.07 Å². The van der Waals surface area contributed by atoms with Crippen LogP contribution in [0.2, 0.25) is 0 Å². The molecular weight excluding hydrogens is 342 g/mol. The number of aromatic nitrogens is 5. The van der Waals surface area contributed by atoms with Gasteiger partial charge in [-0.2, -0.15) is 5.10 Å². The molecule has 0 radical (unpaired) electrons. The lowest BCUT2D eigenvalue weighted by molar-refractivity contribution is 0.0711. The Morgan fingerprint density at radius 3 is 2.56 bits per heavy atom. The van der Waals surface area contributed by atoms with E-state index in [1.165, 1.54) is 6.33 Å². The van der Waals surface area contributed by atoms with Gasteiger partial charge in [0.2, 0.25) is 0 Å². The number of carbonyl (C=O) groups is 1. The van der Waals surface area contributed by atoms with Gasteiger partial charge in [-0.25, -0.2) is 15.0 Å². The highest BCUT2D eigenvalue weighted by Gasteiger charge is 2.26. The number of piperidine rings is 1. The fraction of sp³-hybridized carbons (Fsp3) is 0.316. The Labute approximate surface area is 156 Å². The maximum atomic E-state index is 12.8. The minimum absolute atomic E-state index is 0.0494. The van der Waals surface area contributed by atoms with E-state index in [-0.39, 0.29) is 5.91 Å². The number of nitrogen functional groups attached to an aromatic ring is 1. The monoisotopic (exact) mass is 363 g/mol. The number of H-pyrrole nitrogens is 1. The van der Waals surface area contributed by atoms with E-state index < -0.39 is 0 Å². The number of rotatable bonds is 3. The summed E-state index contributed by atoms with van der Waals surface area (Å²) in [5.74, 6) is 2.46. The third-order valence-corrected chi connectivity index (χ3v) is 4.88.